The van der Waals surface area contributed by atoms with Crippen LogP contribution in [0.4, 0.5) is 10.1 Å². The van der Waals surface area contributed by atoms with Gasteiger partial charge in [-0.2, -0.15) is 5.26 Å². The van der Waals surface area contributed by atoms with Crippen molar-refractivity contribution >= 4 is 43.2 Å². The third kappa shape index (κ3) is 3.53. The van der Waals surface area contributed by atoms with Gasteiger partial charge in [0.1, 0.15) is 10.7 Å². The molecule has 108 valence electrons. The maximum atomic E-state index is 13.0. The quantitative estimate of drug-likeness (QED) is 0.865. The van der Waals surface area contributed by atoms with Crippen molar-refractivity contribution in [3.05, 3.63) is 57.3 Å². The van der Waals surface area contributed by atoms with E-state index < -0.39 is 15.8 Å². The van der Waals surface area contributed by atoms with Gasteiger partial charge in [0.15, 0.2) is 0 Å². The monoisotopic (exact) mass is 388 g/mol. The Bertz CT molecular complexity index is 850. The summed E-state index contributed by atoms with van der Waals surface area (Å²) in [7, 11) is -3.95. The Morgan fingerprint density at radius 1 is 1.24 bits per heavy atom. The smallest absolute Gasteiger partial charge is 0.263 e. The Morgan fingerprint density at radius 2 is 1.95 bits per heavy atom. The zero-order valence-corrected chi connectivity index (χ0v) is 13.4. The molecule has 21 heavy (non-hydrogen) atoms. The van der Waals surface area contributed by atoms with Crippen LogP contribution in [0.1, 0.15) is 5.56 Å². The minimum absolute atomic E-state index is 0.0696. The number of rotatable bonds is 3. The van der Waals surface area contributed by atoms with Gasteiger partial charge in [0.05, 0.1) is 22.3 Å². The lowest BCUT2D eigenvalue weighted by atomic mass is 10.2. The van der Waals surface area contributed by atoms with Gasteiger partial charge < -0.3 is 0 Å². The van der Waals surface area contributed by atoms with E-state index in [0.29, 0.717) is 0 Å². The Morgan fingerprint density at radius 3 is 2.52 bits per heavy atom. The summed E-state index contributed by atoms with van der Waals surface area (Å²) in [4.78, 5) is -0.167. The van der Waals surface area contributed by atoms with Crippen LogP contribution < -0.4 is 4.72 Å². The van der Waals surface area contributed by atoms with E-state index in [1.807, 2.05) is 6.07 Å². The van der Waals surface area contributed by atoms with E-state index in [0.717, 1.165) is 12.1 Å². The van der Waals surface area contributed by atoms with E-state index in [1.54, 1.807) is 0 Å². The summed E-state index contributed by atoms with van der Waals surface area (Å²) in [6.07, 6.45) is 0. The summed E-state index contributed by atoms with van der Waals surface area (Å²) in [6.45, 7) is 0. The van der Waals surface area contributed by atoms with Crippen molar-refractivity contribution in [2.24, 2.45) is 0 Å². The molecular formula is C13H7BrClFN2O2S. The molecule has 0 amide bonds. The molecule has 2 rings (SSSR count). The van der Waals surface area contributed by atoms with E-state index >= 15 is 0 Å². The highest BCUT2D eigenvalue weighted by atomic mass is 79.9. The molecule has 0 fully saturated rings. The van der Waals surface area contributed by atoms with Crippen molar-refractivity contribution in [1.82, 2.24) is 0 Å². The third-order valence-corrected chi connectivity index (χ3v) is 5.03. The van der Waals surface area contributed by atoms with Gasteiger partial charge in [0, 0.05) is 4.47 Å². The first-order valence-electron chi connectivity index (χ1n) is 5.51. The zero-order chi connectivity index (χ0) is 15.6. The van der Waals surface area contributed by atoms with Gasteiger partial charge >= 0.3 is 0 Å². The number of hydrogen-bond acceptors (Lipinski definition) is 3. The number of halogens is 3. The lowest BCUT2D eigenvalue weighted by molar-refractivity contribution is 0.601. The van der Waals surface area contributed by atoms with Crippen molar-refractivity contribution in [3.63, 3.8) is 0 Å². The van der Waals surface area contributed by atoms with Crippen LogP contribution in [0.2, 0.25) is 5.02 Å². The van der Waals surface area contributed by atoms with Gasteiger partial charge in [-0.1, -0.05) is 11.6 Å². The minimum Gasteiger partial charge on any atom is -0.278 e. The lowest BCUT2D eigenvalue weighted by Crippen LogP contribution is -2.14. The van der Waals surface area contributed by atoms with Crippen LogP contribution in [-0.2, 0) is 10.0 Å². The molecule has 8 heteroatoms. The minimum atomic E-state index is -3.95. The largest absolute Gasteiger partial charge is 0.278 e. The van der Waals surface area contributed by atoms with Gasteiger partial charge in [0.25, 0.3) is 10.0 Å². The molecule has 0 aliphatic heterocycles. The van der Waals surface area contributed by atoms with E-state index in [1.165, 1.54) is 24.3 Å². The summed E-state index contributed by atoms with van der Waals surface area (Å²) in [5.74, 6) is -0.499. The van der Waals surface area contributed by atoms with Crippen molar-refractivity contribution in [2.75, 3.05) is 4.72 Å². The molecule has 2 aromatic rings. The van der Waals surface area contributed by atoms with Gasteiger partial charge in [-0.25, -0.2) is 12.8 Å². The van der Waals surface area contributed by atoms with Crippen LogP contribution >= 0.6 is 27.5 Å². The van der Waals surface area contributed by atoms with Crippen LogP contribution in [0.15, 0.2) is 45.8 Å². The first-order valence-corrected chi connectivity index (χ1v) is 8.16. The second kappa shape index (κ2) is 6.02. The summed E-state index contributed by atoms with van der Waals surface area (Å²) in [5, 5.41) is 8.67. The molecule has 0 saturated heterocycles. The molecule has 0 aliphatic rings. The molecule has 0 heterocycles. The highest BCUT2D eigenvalue weighted by molar-refractivity contribution is 9.10. The Hall–Kier alpha value is -1.62. The molecule has 4 nitrogen and oxygen atoms in total. The molecule has 0 aromatic heterocycles. The van der Waals surface area contributed by atoms with Crippen molar-refractivity contribution < 1.29 is 12.8 Å². The molecule has 1 N–H and O–H groups in total. The first-order chi connectivity index (χ1) is 9.83. The fraction of sp³-hybridized carbons (Fsp3) is 0. The SMILES string of the molecule is N#Cc1ccc(S(=O)(=O)Nc2ccc(F)cc2Br)c(Cl)c1. The van der Waals surface area contributed by atoms with Gasteiger partial charge in [0.2, 0.25) is 0 Å². The number of nitriles is 1. The zero-order valence-electron chi connectivity index (χ0n) is 10.3. The molecule has 2 aromatic carbocycles. The van der Waals surface area contributed by atoms with E-state index in [4.69, 9.17) is 16.9 Å². The maximum Gasteiger partial charge on any atom is 0.263 e. The van der Waals surface area contributed by atoms with Crippen molar-refractivity contribution in [3.8, 4) is 6.07 Å². The van der Waals surface area contributed by atoms with Crippen LogP contribution in [0.3, 0.4) is 0 Å². The third-order valence-electron chi connectivity index (χ3n) is 2.53. The molecule has 0 atom stereocenters. The van der Waals surface area contributed by atoms with Crippen LogP contribution in [0.5, 0.6) is 0 Å². The number of nitrogens with one attached hydrogen (secondary N) is 1. The summed E-state index contributed by atoms with van der Waals surface area (Å²) < 4.78 is 40.1. The summed E-state index contributed by atoms with van der Waals surface area (Å²) in [5.41, 5.74) is 0.429. The van der Waals surface area contributed by atoms with Gasteiger partial charge in [-0.3, -0.25) is 4.72 Å². The lowest BCUT2D eigenvalue weighted by Gasteiger charge is -2.11. The second-order valence-electron chi connectivity index (χ2n) is 3.99. The molecular weight excluding hydrogens is 383 g/mol. The molecule has 0 bridgehead atoms. The average Bonchev–Trinajstić information content (AvgIpc) is 2.41. The number of benzene rings is 2. The van der Waals surface area contributed by atoms with Gasteiger partial charge in [-0.15, -0.1) is 0 Å². The van der Waals surface area contributed by atoms with Gasteiger partial charge in [-0.05, 0) is 52.3 Å². The number of nitrogens with zero attached hydrogens (tertiary/aromatic N) is 1. The highest BCUT2D eigenvalue weighted by Crippen LogP contribution is 2.28. The molecule has 0 spiro atoms. The number of hydrogen-bond donors (Lipinski definition) is 1. The summed E-state index contributed by atoms with van der Waals surface area (Å²) >= 11 is 8.95. The Kier molecular flexibility index (Phi) is 4.52. The fourth-order valence-corrected chi connectivity index (χ4v) is 3.77. The average molecular weight is 390 g/mol. The van der Waals surface area contributed by atoms with E-state index in [9.17, 15) is 12.8 Å². The van der Waals surface area contributed by atoms with Crippen molar-refractivity contribution in [1.29, 1.82) is 5.26 Å². The van der Waals surface area contributed by atoms with E-state index in [2.05, 4.69) is 20.7 Å². The fourth-order valence-electron chi connectivity index (χ4n) is 1.56. The Labute approximate surface area is 134 Å². The molecule has 0 aliphatic carbocycles. The second-order valence-corrected chi connectivity index (χ2v) is 6.90. The maximum absolute atomic E-state index is 13.0. The first kappa shape index (κ1) is 15.8. The van der Waals surface area contributed by atoms with Crippen LogP contribution in [0, 0.1) is 17.1 Å². The normalized spacial score (nSPS) is 11.0. The van der Waals surface area contributed by atoms with E-state index in [-0.39, 0.29) is 25.6 Å². The molecule has 0 unspecified atom stereocenters. The Balaban J connectivity index is 2.41. The highest BCUT2D eigenvalue weighted by Gasteiger charge is 2.19. The number of sulfonamides is 1. The van der Waals surface area contributed by atoms with Crippen LogP contribution in [0.25, 0.3) is 0 Å². The molecule has 0 radical (unpaired) electrons. The standard InChI is InChI=1S/C13H7BrClFN2O2S/c14-10-6-9(16)2-3-12(10)18-21(19,20)13-4-1-8(7-17)5-11(13)15/h1-6,18H. The predicted octanol–water partition coefficient (Wildman–Crippen LogP) is 3.91. The topological polar surface area (TPSA) is 70.0 Å². The van der Waals surface area contributed by atoms with Crippen molar-refractivity contribution in [2.45, 2.75) is 4.90 Å². The number of anilines is 1. The molecule has 0 saturated carbocycles. The summed E-state index contributed by atoms with van der Waals surface area (Å²) in [6, 6.07) is 9.26. The van der Waals surface area contributed by atoms with Crippen LogP contribution in [-0.4, -0.2) is 8.42 Å². The predicted molar refractivity (Wildman–Crippen MR) is 81.1 cm³/mol.